The maximum Gasteiger partial charge on any atom is 0.255 e. The Balaban J connectivity index is 1.70. The summed E-state index contributed by atoms with van der Waals surface area (Å²) in [5.74, 6) is -0.448. The topological polar surface area (TPSA) is 70.2 Å². The fraction of sp³-hybridized carbons (Fsp3) is 0.391. The smallest absolute Gasteiger partial charge is 0.255 e. The summed E-state index contributed by atoms with van der Waals surface area (Å²) in [5, 5.41) is 11.8. The van der Waals surface area contributed by atoms with Crippen LogP contribution in [0.25, 0.3) is 10.9 Å². The number of aromatic amines is 1. The average molecular weight is 445 g/mol. The summed E-state index contributed by atoms with van der Waals surface area (Å²) in [4.78, 5) is 14.7. The first kappa shape index (κ1) is 21.7. The van der Waals surface area contributed by atoms with Crippen LogP contribution in [0.15, 0.2) is 42.6 Å². The zero-order valence-electron chi connectivity index (χ0n) is 17.6. The summed E-state index contributed by atoms with van der Waals surface area (Å²) >= 11 is 6.33. The summed E-state index contributed by atoms with van der Waals surface area (Å²) in [6.07, 6.45) is 2.49. The van der Waals surface area contributed by atoms with Crippen LogP contribution in [-0.2, 0) is 14.9 Å². The summed E-state index contributed by atoms with van der Waals surface area (Å²) in [7, 11) is 3.40. The maximum atomic E-state index is 13.5. The van der Waals surface area contributed by atoms with Gasteiger partial charge >= 0.3 is 0 Å². The van der Waals surface area contributed by atoms with E-state index in [0.29, 0.717) is 17.2 Å². The predicted molar refractivity (Wildman–Crippen MR) is 119 cm³/mol. The predicted octanol–water partition coefficient (Wildman–Crippen LogP) is 3.82. The van der Waals surface area contributed by atoms with Gasteiger partial charge < -0.3 is 15.0 Å². The SMILES string of the molecule is CN(C)C(=O)C(OCC1(c2ccc(F)cc2)CCNCC1)c1cc(Cl)cc2cn[nH]c12. The molecular formula is C23H26ClFN4O2. The Hall–Kier alpha value is -2.48. The lowest BCUT2D eigenvalue weighted by Crippen LogP contribution is -2.44. The Morgan fingerprint density at radius 2 is 1.97 bits per heavy atom. The van der Waals surface area contributed by atoms with Crippen molar-refractivity contribution in [3.05, 3.63) is 64.6 Å². The number of carbonyl (C=O) groups excluding carboxylic acids is 1. The Morgan fingerprint density at radius 3 is 2.65 bits per heavy atom. The second-order valence-corrected chi connectivity index (χ2v) is 8.73. The van der Waals surface area contributed by atoms with Gasteiger partial charge in [-0.3, -0.25) is 9.89 Å². The van der Waals surface area contributed by atoms with Crippen molar-refractivity contribution in [3.63, 3.8) is 0 Å². The molecule has 8 heteroatoms. The Morgan fingerprint density at radius 1 is 1.26 bits per heavy atom. The lowest BCUT2D eigenvalue weighted by Gasteiger charge is -2.39. The zero-order valence-corrected chi connectivity index (χ0v) is 18.4. The largest absolute Gasteiger partial charge is 0.363 e. The number of ether oxygens (including phenoxy) is 1. The van der Waals surface area contributed by atoms with Crippen molar-refractivity contribution in [1.29, 1.82) is 0 Å². The highest BCUT2D eigenvalue weighted by Gasteiger charge is 2.37. The van der Waals surface area contributed by atoms with E-state index in [-0.39, 0.29) is 17.1 Å². The van der Waals surface area contributed by atoms with Crippen LogP contribution in [0.5, 0.6) is 0 Å². The highest BCUT2D eigenvalue weighted by Crippen LogP contribution is 2.37. The minimum absolute atomic E-state index is 0.179. The van der Waals surface area contributed by atoms with Crippen LogP contribution in [0.1, 0.15) is 30.1 Å². The molecular weight excluding hydrogens is 419 g/mol. The first-order chi connectivity index (χ1) is 14.9. The number of hydrogen-bond acceptors (Lipinski definition) is 4. The molecule has 31 heavy (non-hydrogen) atoms. The molecule has 2 aromatic carbocycles. The lowest BCUT2D eigenvalue weighted by molar-refractivity contribution is -0.143. The zero-order chi connectivity index (χ0) is 22.0. The van der Waals surface area contributed by atoms with Crippen LogP contribution < -0.4 is 5.32 Å². The maximum absolute atomic E-state index is 13.5. The van der Waals surface area contributed by atoms with E-state index in [1.165, 1.54) is 17.0 Å². The van der Waals surface area contributed by atoms with Gasteiger partial charge in [0.25, 0.3) is 5.91 Å². The number of amides is 1. The quantitative estimate of drug-likeness (QED) is 0.606. The van der Waals surface area contributed by atoms with E-state index in [2.05, 4.69) is 15.5 Å². The molecule has 1 aromatic heterocycles. The summed E-state index contributed by atoms with van der Waals surface area (Å²) in [6.45, 7) is 1.98. The number of piperidine rings is 1. The molecule has 6 nitrogen and oxygen atoms in total. The second kappa shape index (κ2) is 8.94. The summed E-state index contributed by atoms with van der Waals surface area (Å²) < 4.78 is 19.9. The van der Waals surface area contributed by atoms with Crippen molar-refractivity contribution in [3.8, 4) is 0 Å². The average Bonchev–Trinajstić information content (AvgIpc) is 3.23. The number of fused-ring (bicyclic) bond motifs is 1. The molecule has 0 aliphatic carbocycles. The van der Waals surface area contributed by atoms with E-state index in [4.69, 9.17) is 16.3 Å². The van der Waals surface area contributed by atoms with Gasteiger partial charge in [0, 0.05) is 35.5 Å². The number of halogens is 2. The van der Waals surface area contributed by atoms with Crippen LogP contribution >= 0.6 is 11.6 Å². The van der Waals surface area contributed by atoms with Crippen molar-refractivity contribution in [1.82, 2.24) is 20.4 Å². The van der Waals surface area contributed by atoms with Gasteiger partial charge in [-0.2, -0.15) is 5.10 Å². The van der Waals surface area contributed by atoms with Gasteiger partial charge in [0.15, 0.2) is 6.10 Å². The van der Waals surface area contributed by atoms with Gasteiger partial charge in [0.2, 0.25) is 0 Å². The molecule has 1 amide bonds. The monoisotopic (exact) mass is 444 g/mol. The molecule has 1 saturated heterocycles. The van der Waals surface area contributed by atoms with Gasteiger partial charge in [-0.05, 0) is 55.8 Å². The number of benzene rings is 2. The van der Waals surface area contributed by atoms with Crippen LogP contribution in [0.4, 0.5) is 4.39 Å². The normalized spacial score (nSPS) is 16.9. The standard InChI is InChI=1S/C23H26ClFN4O2/c1-29(2)22(30)21(19-12-17(24)11-15-13-27-28-20(15)19)31-14-23(7-9-26-10-8-23)16-3-5-18(25)6-4-16/h3-6,11-13,21,26H,7-10,14H2,1-2H3,(H,27,28). The number of likely N-dealkylation sites (N-methyl/N-ethyl adjacent to an activating group) is 1. The number of aromatic nitrogens is 2. The molecule has 0 bridgehead atoms. The molecule has 1 fully saturated rings. The van der Waals surface area contributed by atoms with Crippen molar-refractivity contribution in [2.45, 2.75) is 24.4 Å². The number of hydrogen-bond donors (Lipinski definition) is 2. The van der Waals surface area contributed by atoms with E-state index in [0.717, 1.165) is 42.4 Å². The van der Waals surface area contributed by atoms with Gasteiger partial charge in [0.1, 0.15) is 5.82 Å². The van der Waals surface area contributed by atoms with E-state index in [1.54, 1.807) is 32.4 Å². The summed E-state index contributed by atoms with van der Waals surface area (Å²) in [5.41, 5.74) is 2.09. The van der Waals surface area contributed by atoms with Gasteiger partial charge in [-0.1, -0.05) is 23.7 Å². The van der Waals surface area contributed by atoms with Crippen molar-refractivity contribution in [2.75, 3.05) is 33.8 Å². The third-order valence-corrected chi connectivity index (χ3v) is 6.25. The van der Waals surface area contributed by atoms with Crippen LogP contribution in [-0.4, -0.2) is 54.8 Å². The molecule has 1 aliphatic heterocycles. The number of rotatable bonds is 6. The highest BCUT2D eigenvalue weighted by atomic mass is 35.5. The molecule has 3 aromatic rings. The lowest BCUT2D eigenvalue weighted by atomic mass is 9.74. The molecule has 1 atom stereocenters. The van der Waals surface area contributed by atoms with Crippen molar-refractivity contribution < 1.29 is 13.9 Å². The minimum atomic E-state index is -0.844. The third kappa shape index (κ3) is 4.44. The molecule has 1 aliphatic rings. The number of nitrogens with zero attached hydrogens (tertiary/aromatic N) is 2. The first-order valence-electron chi connectivity index (χ1n) is 10.3. The first-order valence-corrected chi connectivity index (χ1v) is 10.7. The van der Waals surface area contributed by atoms with E-state index < -0.39 is 6.10 Å². The molecule has 4 rings (SSSR count). The van der Waals surface area contributed by atoms with Crippen LogP contribution in [0.2, 0.25) is 5.02 Å². The van der Waals surface area contributed by atoms with Gasteiger partial charge in [-0.25, -0.2) is 4.39 Å². The molecule has 2 heterocycles. The summed E-state index contributed by atoms with van der Waals surface area (Å²) in [6, 6.07) is 10.1. The molecule has 1 unspecified atom stereocenters. The fourth-order valence-corrected chi connectivity index (χ4v) is 4.49. The van der Waals surface area contributed by atoms with Crippen LogP contribution in [0.3, 0.4) is 0 Å². The fourth-order valence-electron chi connectivity index (χ4n) is 4.25. The Bertz CT molecular complexity index is 1060. The minimum Gasteiger partial charge on any atom is -0.363 e. The van der Waals surface area contributed by atoms with Crippen molar-refractivity contribution >= 4 is 28.4 Å². The van der Waals surface area contributed by atoms with Gasteiger partial charge in [0.05, 0.1) is 18.3 Å². The molecule has 0 saturated carbocycles. The van der Waals surface area contributed by atoms with Crippen molar-refractivity contribution in [2.24, 2.45) is 0 Å². The Labute approximate surface area is 185 Å². The second-order valence-electron chi connectivity index (χ2n) is 8.29. The molecule has 2 N–H and O–H groups in total. The Kier molecular flexibility index (Phi) is 6.27. The van der Waals surface area contributed by atoms with Crippen LogP contribution in [0, 0.1) is 5.82 Å². The van der Waals surface area contributed by atoms with E-state index in [1.807, 2.05) is 12.1 Å². The number of carbonyl (C=O) groups is 1. The highest BCUT2D eigenvalue weighted by molar-refractivity contribution is 6.31. The molecule has 0 spiro atoms. The van der Waals surface area contributed by atoms with E-state index in [9.17, 15) is 9.18 Å². The van der Waals surface area contributed by atoms with E-state index >= 15 is 0 Å². The number of nitrogens with one attached hydrogen (secondary N) is 2. The molecule has 0 radical (unpaired) electrons. The third-order valence-electron chi connectivity index (χ3n) is 6.04. The molecule has 164 valence electrons. The number of H-pyrrole nitrogens is 1. The van der Waals surface area contributed by atoms with Gasteiger partial charge in [-0.15, -0.1) is 0 Å².